The zero-order valence-electron chi connectivity index (χ0n) is 14.7. The Morgan fingerprint density at radius 1 is 1.25 bits per heavy atom. The van der Waals surface area contributed by atoms with Gasteiger partial charge in [0.05, 0.1) is 37.0 Å². The van der Waals surface area contributed by atoms with Crippen LogP contribution in [0.3, 0.4) is 0 Å². The summed E-state index contributed by atoms with van der Waals surface area (Å²) in [6.07, 6.45) is 1.26. The molecule has 3 aromatic rings. The van der Waals surface area contributed by atoms with E-state index in [-0.39, 0.29) is 21.8 Å². The van der Waals surface area contributed by atoms with E-state index in [0.29, 0.717) is 17.1 Å². The Morgan fingerprint density at radius 2 is 1.89 bits per heavy atom. The third kappa shape index (κ3) is 3.74. The van der Waals surface area contributed by atoms with E-state index < -0.39 is 10.7 Å². The SMILES string of the molecule is COc1cc(/C=N\n2c(-c3ccc(F)cc3)n[nH]c2=S)c([N+](=O)[O-])cc1OC. The van der Waals surface area contributed by atoms with Crippen molar-refractivity contribution < 1.29 is 18.8 Å². The molecule has 0 aliphatic rings. The molecule has 0 spiro atoms. The molecule has 0 aliphatic carbocycles. The van der Waals surface area contributed by atoms with Crippen LogP contribution in [-0.4, -0.2) is 40.2 Å². The van der Waals surface area contributed by atoms with Crippen molar-refractivity contribution in [3.63, 3.8) is 0 Å². The van der Waals surface area contributed by atoms with Crippen molar-refractivity contribution in [2.75, 3.05) is 14.2 Å². The number of hydrogen-bond donors (Lipinski definition) is 1. The largest absolute Gasteiger partial charge is 0.493 e. The van der Waals surface area contributed by atoms with E-state index in [9.17, 15) is 14.5 Å². The highest BCUT2D eigenvalue weighted by atomic mass is 32.1. The van der Waals surface area contributed by atoms with E-state index in [2.05, 4.69) is 15.3 Å². The number of H-pyrrole nitrogens is 1. The number of rotatable bonds is 6. The highest BCUT2D eigenvalue weighted by molar-refractivity contribution is 7.71. The first-order valence-corrected chi connectivity index (χ1v) is 8.23. The summed E-state index contributed by atoms with van der Waals surface area (Å²) in [7, 11) is 2.80. The van der Waals surface area contributed by atoms with Crippen LogP contribution < -0.4 is 9.47 Å². The first-order valence-electron chi connectivity index (χ1n) is 7.82. The normalized spacial score (nSPS) is 11.0. The second kappa shape index (κ2) is 7.96. The number of aromatic nitrogens is 3. The summed E-state index contributed by atoms with van der Waals surface area (Å²) in [5, 5.41) is 22.3. The molecular weight excluding hydrogens is 389 g/mol. The first-order chi connectivity index (χ1) is 13.4. The molecule has 144 valence electrons. The van der Waals surface area contributed by atoms with E-state index in [1.165, 1.54) is 61.5 Å². The predicted molar refractivity (Wildman–Crippen MR) is 102 cm³/mol. The van der Waals surface area contributed by atoms with Crippen molar-refractivity contribution in [1.29, 1.82) is 0 Å². The van der Waals surface area contributed by atoms with Crippen LogP contribution in [0.1, 0.15) is 5.56 Å². The van der Waals surface area contributed by atoms with Crippen LogP contribution >= 0.6 is 12.2 Å². The lowest BCUT2D eigenvalue weighted by molar-refractivity contribution is -0.385. The van der Waals surface area contributed by atoms with Gasteiger partial charge in [-0.25, -0.2) is 9.49 Å². The van der Waals surface area contributed by atoms with Crippen molar-refractivity contribution in [3.05, 3.63) is 62.7 Å². The molecule has 0 radical (unpaired) electrons. The molecule has 11 heteroatoms. The number of nitro benzene ring substituents is 1. The summed E-state index contributed by atoms with van der Waals surface area (Å²) in [6.45, 7) is 0. The number of nitro groups is 1. The number of halogens is 1. The molecule has 0 unspecified atom stereocenters. The van der Waals surface area contributed by atoms with E-state index in [1.807, 2.05) is 0 Å². The van der Waals surface area contributed by atoms with Gasteiger partial charge < -0.3 is 9.47 Å². The maximum atomic E-state index is 13.2. The van der Waals surface area contributed by atoms with Gasteiger partial charge in [0.1, 0.15) is 5.82 Å². The third-order valence-corrected chi connectivity index (χ3v) is 4.06. The molecule has 1 aromatic heterocycles. The molecule has 1 N–H and O–H groups in total. The summed E-state index contributed by atoms with van der Waals surface area (Å²) >= 11 is 5.17. The first kappa shape index (κ1) is 19.2. The lowest BCUT2D eigenvalue weighted by Crippen LogP contribution is -2.00. The van der Waals surface area contributed by atoms with E-state index in [1.54, 1.807) is 0 Å². The molecule has 0 aliphatic heterocycles. The summed E-state index contributed by atoms with van der Waals surface area (Å²) < 4.78 is 24.9. The van der Waals surface area contributed by atoms with E-state index in [4.69, 9.17) is 21.7 Å². The molecular formula is C17H14FN5O4S. The zero-order valence-corrected chi connectivity index (χ0v) is 15.6. The molecule has 28 heavy (non-hydrogen) atoms. The number of aromatic amines is 1. The second-order valence-corrected chi connectivity index (χ2v) is 5.83. The predicted octanol–water partition coefficient (Wildman–Crippen LogP) is 3.55. The lowest BCUT2D eigenvalue weighted by Gasteiger charge is -2.08. The van der Waals surface area contributed by atoms with Crippen LogP contribution in [0.15, 0.2) is 41.5 Å². The van der Waals surface area contributed by atoms with Crippen LogP contribution in [0, 0.1) is 20.7 Å². The fraction of sp³-hybridized carbons (Fsp3) is 0.118. The maximum Gasteiger partial charge on any atom is 0.282 e. The summed E-state index contributed by atoms with van der Waals surface area (Å²) in [5.41, 5.74) is 0.517. The average molecular weight is 403 g/mol. The molecule has 0 amide bonds. The number of nitrogens with zero attached hydrogens (tertiary/aromatic N) is 4. The van der Waals surface area contributed by atoms with Crippen molar-refractivity contribution >= 4 is 24.1 Å². The Morgan fingerprint density at radius 3 is 2.50 bits per heavy atom. The van der Waals surface area contributed by atoms with Crippen molar-refractivity contribution in [1.82, 2.24) is 14.9 Å². The Hall–Kier alpha value is -3.60. The monoisotopic (exact) mass is 403 g/mol. The van der Waals surface area contributed by atoms with Crippen molar-refractivity contribution in [3.8, 4) is 22.9 Å². The molecule has 1 heterocycles. The van der Waals surface area contributed by atoms with Crippen LogP contribution in [-0.2, 0) is 0 Å². The van der Waals surface area contributed by atoms with Gasteiger partial charge in [0.15, 0.2) is 17.3 Å². The molecule has 0 atom stereocenters. The maximum absolute atomic E-state index is 13.2. The Kier molecular flexibility index (Phi) is 5.45. The minimum absolute atomic E-state index is 0.165. The highest BCUT2D eigenvalue weighted by Crippen LogP contribution is 2.33. The topological polar surface area (TPSA) is 108 Å². The van der Waals surface area contributed by atoms with Crippen LogP contribution in [0.5, 0.6) is 11.5 Å². The minimum atomic E-state index is -0.557. The fourth-order valence-corrected chi connectivity index (χ4v) is 2.63. The summed E-state index contributed by atoms with van der Waals surface area (Å²) in [4.78, 5) is 10.8. The van der Waals surface area contributed by atoms with Gasteiger partial charge in [-0.15, -0.1) is 0 Å². The molecule has 0 saturated heterocycles. The highest BCUT2D eigenvalue weighted by Gasteiger charge is 2.18. The van der Waals surface area contributed by atoms with Gasteiger partial charge in [0.2, 0.25) is 4.77 Å². The number of benzene rings is 2. The number of nitrogens with one attached hydrogen (secondary N) is 1. The average Bonchev–Trinajstić information content (AvgIpc) is 3.06. The molecule has 0 saturated carbocycles. The smallest absolute Gasteiger partial charge is 0.282 e. The van der Waals surface area contributed by atoms with Gasteiger partial charge in [-0.2, -0.15) is 14.9 Å². The van der Waals surface area contributed by atoms with E-state index >= 15 is 0 Å². The summed E-state index contributed by atoms with van der Waals surface area (Å²) in [6, 6.07) is 8.27. The molecule has 9 nitrogen and oxygen atoms in total. The van der Waals surface area contributed by atoms with Crippen LogP contribution in [0.25, 0.3) is 11.4 Å². The van der Waals surface area contributed by atoms with Crippen LogP contribution in [0.2, 0.25) is 0 Å². The zero-order chi connectivity index (χ0) is 20.3. The molecule has 2 aromatic carbocycles. The molecule has 0 fully saturated rings. The fourth-order valence-electron chi connectivity index (χ4n) is 2.45. The lowest BCUT2D eigenvalue weighted by atomic mass is 10.1. The summed E-state index contributed by atoms with van der Waals surface area (Å²) in [5.74, 6) is 0.459. The standard InChI is InChI=1S/C17H14FN5O4S/c1-26-14-7-11(13(23(24)25)8-15(14)27-2)9-19-22-16(20-21-17(22)28)10-3-5-12(18)6-4-10/h3-9H,1-2H3,(H,21,28)/b19-9-. The van der Waals surface area contributed by atoms with Crippen LogP contribution in [0.4, 0.5) is 10.1 Å². The van der Waals surface area contributed by atoms with Gasteiger partial charge in [-0.1, -0.05) is 0 Å². The Balaban J connectivity index is 2.08. The van der Waals surface area contributed by atoms with Gasteiger partial charge in [0, 0.05) is 5.56 Å². The van der Waals surface area contributed by atoms with Crippen molar-refractivity contribution in [2.24, 2.45) is 5.10 Å². The third-order valence-electron chi connectivity index (χ3n) is 3.79. The molecule has 3 rings (SSSR count). The number of ether oxygens (including phenoxy) is 2. The van der Waals surface area contributed by atoms with Gasteiger partial charge in [-0.05, 0) is 42.5 Å². The van der Waals surface area contributed by atoms with Crippen molar-refractivity contribution in [2.45, 2.75) is 0 Å². The van der Waals surface area contributed by atoms with Gasteiger partial charge >= 0.3 is 0 Å². The quantitative estimate of drug-likeness (QED) is 0.292. The Labute approximate surface area is 163 Å². The number of methoxy groups -OCH3 is 2. The van der Waals surface area contributed by atoms with E-state index in [0.717, 1.165) is 0 Å². The minimum Gasteiger partial charge on any atom is -0.493 e. The second-order valence-electron chi connectivity index (χ2n) is 5.44. The van der Waals surface area contributed by atoms with Gasteiger partial charge in [-0.3, -0.25) is 10.1 Å². The number of hydrogen-bond acceptors (Lipinski definition) is 7. The van der Waals surface area contributed by atoms with Gasteiger partial charge in [0.25, 0.3) is 5.69 Å². The Bertz CT molecular complexity index is 1110. The molecule has 0 bridgehead atoms.